The lowest BCUT2D eigenvalue weighted by atomic mass is 9.97. The minimum Gasteiger partial charge on any atom is -0.326 e. The summed E-state index contributed by atoms with van der Waals surface area (Å²) < 4.78 is 2.14. The highest BCUT2D eigenvalue weighted by Gasteiger charge is 2.40. The number of para-hydroxylation sites is 2. The topological polar surface area (TPSA) is 45.6 Å². The molecule has 1 aliphatic heterocycles. The highest BCUT2D eigenvalue weighted by Crippen LogP contribution is 2.43. The third-order valence-corrected chi connectivity index (χ3v) is 8.50. The Morgan fingerprint density at radius 3 is 2.29 bits per heavy atom. The van der Waals surface area contributed by atoms with Gasteiger partial charge in [-0.15, -0.1) is 0 Å². The molecule has 41 heavy (non-hydrogen) atoms. The first-order valence-electron chi connectivity index (χ1n) is 14.8. The zero-order valence-electron chi connectivity index (χ0n) is 23.5. The van der Waals surface area contributed by atoms with Gasteiger partial charge in [-0.1, -0.05) is 74.2 Å². The molecule has 4 aromatic rings. The Morgan fingerprint density at radius 1 is 0.854 bits per heavy atom. The van der Waals surface area contributed by atoms with Crippen LogP contribution in [0.4, 0.5) is 5.69 Å². The second-order valence-electron chi connectivity index (χ2n) is 11.2. The molecular formula is C35H36ClN3O2. The van der Waals surface area contributed by atoms with Gasteiger partial charge in [0.2, 0.25) is 5.91 Å². The maximum atomic E-state index is 14.3. The fourth-order valence-electron chi connectivity index (χ4n) is 5.93. The van der Waals surface area contributed by atoms with Gasteiger partial charge in [-0.2, -0.15) is 0 Å². The number of hydrogen-bond donors (Lipinski definition) is 0. The Morgan fingerprint density at radius 2 is 1.59 bits per heavy atom. The Labute approximate surface area is 247 Å². The number of rotatable bonds is 10. The van der Waals surface area contributed by atoms with E-state index in [4.69, 9.17) is 11.6 Å². The number of carbonyl (C=O) groups excluding carboxylic acids is 2. The lowest BCUT2D eigenvalue weighted by Crippen LogP contribution is -2.47. The molecule has 6 heteroatoms. The molecule has 1 atom stereocenters. The largest absolute Gasteiger partial charge is 0.326 e. The van der Waals surface area contributed by atoms with E-state index in [1.165, 1.54) is 31.2 Å². The van der Waals surface area contributed by atoms with Crippen LogP contribution in [0.15, 0.2) is 91.1 Å². The summed E-state index contributed by atoms with van der Waals surface area (Å²) in [4.78, 5) is 31.8. The maximum absolute atomic E-state index is 14.3. The average molecular weight is 566 g/mol. The van der Waals surface area contributed by atoms with Crippen LogP contribution in [0.5, 0.6) is 0 Å². The zero-order chi connectivity index (χ0) is 28.3. The summed E-state index contributed by atoms with van der Waals surface area (Å²) >= 11 is 6.23. The molecule has 1 saturated carbocycles. The van der Waals surface area contributed by atoms with Crippen LogP contribution in [0, 0.1) is 0 Å². The average Bonchev–Trinajstić information content (AvgIpc) is 3.73. The minimum absolute atomic E-state index is 0.0292. The van der Waals surface area contributed by atoms with Crippen LogP contribution < -0.4 is 4.90 Å². The van der Waals surface area contributed by atoms with E-state index in [1.807, 2.05) is 77.8 Å². The number of fused-ring (bicyclic) bond motifs is 3. The van der Waals surface area contributed by atoms with E-state index in [1.54, 1.807) is 4.90 Å². The number of hydrogen-bond acceptors (Lipinski definition) is 2. The van der Waals surface area contributed by atoms with Crippen LogP contribution in [0.3, 0.4) is 0 Å². The van der Waals surface area contributed by atoms with Crippen LogP contribution >= 0.6 is 11.6 Å². The summed E-state index contributed by atoms with van der Waals surface area (Å²) in [5, 5.41) is 0.649. The number of unbranched alkanes of at least 4 members (excludes halogenated alkanes) is 3. The molecule has 0 spiro atoms. The molecule has 0 radical (unpaired) electrons. The number of aryl methyl sites for hydroxylation is 1. The fraction of sp³-hybridized carbons (Fsp3) is 0.314. The number of halogens is 1. The minimum atomic E-state index is -0.340. The normalized spacial score (nSPS) is 15.8. The van der Waals surface area contributed by atoms with E-state index in [0.29, 0.717) is 10.6 Å². The smallest absolute Gasteiger partial charge is 0.254 e. The van der Waals surface area contributed by atoms with Crippen LogP contribution in [0.2, 0.25) is 5.02 Å². The standard InChI is InChI=1S/C35H36ClN3O2/c1-2-3-4-5-9-25-13-15-27(16-14-25)35(41)38(29-21-22-29)24-33(40)39-31-11-7-6-10-30(31)37-23-8-12-32(37)34(39)26-17-19-28(36)20-18-26/h6-8,10-20,23,29,34H,2-5,9,21-22,24H2,1H3. The van der Waals surface area contributed by atoms with Gasteiger partial charge in [0.05, 0.1) is 17.1 Å². The predicted molar refractivity (Wildman–Crippen MR) is 165 cm³/mol. The zero-order valence-corrected chi connectivity index (χ0v) is 24.3. The van der Waals surface area contributed by atoms with E-state index < -0.39 is 0 Å². The summed E-state index contributed by atoms with van der Waals surface area (Å²) in [6, 6.07) is 27.5. The fourth-order valence-corrected chi connectivity index (χ4v) is 6.06. The predicted octanol–water partition coefficient (Wildman–Crippen LogP) is 7.99. The quantitative estimate of drug-likeness (QED) is 0.183. The molecule has 5 nitrogen and oxygen atoms in total. The lowest BCUT2D eigenvalue weighted by Gasteiger charge is -2.39. The van der Waals surface area contributed by atoms with Gasteiger partial charge in [0.15, 0.2) is 0 Å². The van der Waals surface area contributed by atoms with Crippen LogP contribution in [0.1, 0.15) is 78.7 Å². The van der Waals surface area contributed by atoms with E-state index in [9.17, 15) is 9.59 Å². The second-order valence-corrected chi connectivity index (χ2v) is 11.6. The number of amides is 2. The molecule has 1 fully saturated rings. The first kappa shape index (κ1) is 27.3. The van der Waals surface area contributed by atoms with Crippen molar-refractivity contribution in [3.63, 3.8) is 0 Å². The van der Waals surface area contributed by atoms with Crippen LogP contribution in [-0.2, 0) is 11.2 Å². The molecule has 0 saturated heterocycles. The molecule has 0 N–H and O–H groups in total. The number of carbonyl (C=O) groups is 2. The highest BCUT2D eigenvalue weighted by molar-refractivity contribution is 6.30. The molecule has 2 aliphatic rings. The van der Waals surface area contributed by atoms with E-state index >= 15 is 0 Å². The molecule has 1 unspecified atom stereocenters. The molecule has 0 bridgehead atoms. The number of nitrogens with zero attached hydrogens (tertiary/aromatic N) is 3. The van der Waals surface area contributed by atoms with Crippen molar-refractivity contribution in [1.29, 1.82) is 0 Å². The van der Waals surface area contributed by atoms with Gasteiger partial charge in [0.25, 0.3) is 5.91 Å². The summed E-state index contributed by atoms with van der Waals surface area (Å²) in [5.41, 5.74) is 5.64. The van der Waals surface area contributed by atoms with Gasteiger partial charge in [0.1, 0.15) is 12.6 Å². The monoisotopic (exact) mass is 565 g/mol. The second kappa shape index (κ2) is 12.0. The van der Waals surface area contributed by atoms with Crippen molar-refractivity contribution in [2.24, 2.45) is 0 Å². The Kier molecular flexibility index (Phi) is 7.97. The molecule has 210 valence electrons. The third kappa shape index (κ3) is 5.69. The van der Waals surface area contributed by atoms with E-state index in [0.717, 1.165) is 41.9 Å². The van der Waals surface area contributed by atoms with Gasteiger partial charge in [-0.25, -0.2) is 0 Å². The van der Waals surface area contributed by atoms with Crippen molar-refractivity contribution < 1.29 is 9.59 Å². The summed E-state index contributed by atoms with van der Waals surface area (Å²) in [7, 11) is 0. The van der Waals surface area contributed by atoms with Gasteiger partial charge in [0, 0.05) is 22.8 Å². The SMILES string of the molecule is CCCCCCc1ccc(C(=O)N(CC(=O)N2c3ccccc3-n3cccc3C2c2ccc(Cl)cc2)C2CC2)cc1. The third-order valence-electron chi connectivity index (χ3n) is 8.25. The van der Waals surface area contributed by atoms with Crippen molar-refractivity contribution in [3.8, 4) is 5.69 Å². The number of benzene rings is 3. The van der Waals surface area contributed by atoms with Gasteiger partial charge < -0.3 is 9.47 Å². The first-order valence-corrected chi connectivity index (χ1v) is 15.2. The van der Waals surface area contributed by atoms with E-state index in [-0.39, 0.29) is 30.4 Å². The van der Waals surface area contributed by atoms with Gasteiger partial charge >= 0.3 is 0 Å². The van der Waals surface area contributed by atoms with Gasteiger partial charge in [-0.3, -0.25) is 14.5 Å². The number of aromatic nitrogens is 1. The first-order chi connectivity index (χ1) is 20.0. The molecule has 2 amide bonds. The molecule has 1 aromatic heterocycles. The lowest BCUT2D eigenvalue weighted by molar-refractivity contribution is -0.119. The van der Waals surface area contributed by atoms with Crippen LogP contribution in [-0.4, -0.2) is 33.9 Å². The Bertz CT molecular complexity index is 1520. The summed E-state index contributed by atoms with van der Waals surface area (Å²) in [6.45, 7) is 2.25. The van der Waals surface area contributed by atoms with Crippen molar-refractivity contribution in [1.82, 2.24) is 9.47 Å². The molecular weight excluding hydrogens is 530 g/mol. The summed E-state index contributed by atoms with van der Waals surface area (Å²) in [5.74, 6) is -0.173. The van der Waals surface area contributed by atoms with Crippen molar-refractivity contribution in [2.75, 3.05) is 11.4 Å². The molecule has 2 heterocycles. The Hall–Kier alpha value is -3.83. The Balaban J connectivity index is 1.28. The van der Waals surface area contributed by atoms with E-state index in [2.05, 4.69) is 29.7 Å². The van der Waals surface area contributed by atoms with Crippen LogP contribution in [0.25, 0.3) is 5.69 Å². The van der Waals surface area contributed by atoms with Crippen molar-refractivity contribution in [2.45, 2.75) is 64.0 Å². The number of anilines is 1. The summed E-state index contributed by atoms with van der Waals surface area (Å²) in [6.07, 6.45) is 9.79. The van der Waals surface area contributed by atoms with Crippen molar-refractivity contribution >= 4 is 29.1 Å². The van der Waals surface area contributed by atoms with Gasteiger partial charge in [-0.05, 0) is 85.3 Å². The highest BCUT2D eigenvalue weighted by atomic mass is 35.5. The molecule has 6 rings (SSSR count). The van der Waals surface area contributed by atoms with Crippen molar-refractivity contribution in [3.05, 3.63) is 119 Å². The molecule has 3 aromatic carbocycles. The molecule has 1 aliphatic carbocycles. The maximum Gasteiger partial charge on any atom is 0.254 e.